The molecule has 0 aliphatic carbocycles. The molecule has 1 fully saturated rings. The van der Waals surface area contributed by atoms with Crippen molar-refractivity contribution in [2.24, 2.45) is 5.92 Å². The Bertz CT molecular complexity index is 260. The van der Waals surface area contributed by atoms with Gasteiger partial charge in [0.15, 0.2) is 0 Å². The third-order valence-corrected chi connectivity index (χ3v) is 3.17. The lowest BCUT2D eigenvalue weighted by molar-refractivity contribution is -0.157. The Kier molecular flexibility index (Phi) is 4.95. The van der Waals surface area contributed by atoms with Gasteiger partial charge in [-0.25, -0.2) is 0 Å². The second kappa shape index (κ2) is 5.83. The van der Waals surface area contributed by atoms with Crippen LogP contribution in [0.5, 0.6) is 0 Å². The van der Waals surface area contributed by atoms with Gasteiger partial charge >= 0.3 is 5.97 Å². The SMILES string of the molecule is CC1CCCN(CC(=O)OC(C)(C)C)C1CO. The molecule has 4 nitrogen and oxygen atoms in total. The molecular weight excluding hydrogens is 218 g/mol. The number of aliphatic hydroxyl groups is 1. The van der Waals surface area contributed by atoms with Crippen LogP contribution in [0.25, 0.3) is 0 Å². The normalized spacial score (nSPS) is 26.9. The summed E-state index contributed by atoms with van der Waals surface area (Å²) in [5, 5.41) is 9.38. The fourth-order valence-corrected chi connectivity index (χ4v) is 2.37. The van der Waals surface area contributed by atoms with Gasteiger partial charge in [-0.3, -0.25) is 9.69 Å². The third-order valence-electron chi connectivity index (χ3n) is 3.17. The van der Waals surface area contributed by atoms with Crippen LogP contribution in [0.15, 0.2) is 0 Å². The molecule has 1 saturated heterocycles. The van der Waals surface area contributed by atoms with Gasteiger partial charge in [-0.2, -0.15) is 0 Å². The number of carbonyl (C=O) groups is 1. The largest absolute Gasteiger partial charge is 0.459 e. The standard InChI is InChI=1S/C13H25NO3/c1-10-6-5-7-14(11(10)9-15)8-12(16)17-13(2,3)4/h10-11,15H,5-9H2,1-4H3. The molecule has 17 heavy (non-hydrogen) atoms. The maximum absolute atomic E-state index is 11.7. The molecule has 1 rings (SSSR count). The van der Waals surface area contributed by atoms with Crippen molar-refractivity contribution >= 4 is 5.97 Å². The second-order valence-electron chi connectivity index (χ2n) is 5.93. The van der Waals surface area contributed by atoms with E-state index in [2.05, 4.69) is 6.92 Å². The Morgan fingerprint density at radius 3 is 2.65 bits per heavy atom. The average Bonchev–Trinajstić information content (AvgIpc) is 2.14. The number of nitrogens with zero attached hydrogens (tertiary/aromatic N) is 1. The Morgan fingerprint density at radius 2 is 2.12 bits per heavy atom. The maximum Gasteiger partial charge on any atom is 0.320 e. The molecule has 1 aliphatic heterocycles. The molecule has 0 bridgehead atoms. The summed E-state index contributed by atoms with van der Waals surface area (Å²) < 4.78 is 5.31. The van der Waals surface area contributed by atoms with E-state index in [0.29, 0.717) is 5.92 Å². The number of piperidine rings is 1. The van der Waals surface area contributed by atoms with Crippen LogP contribution in [0.2, 0.25) is 0 Å². The van der Waals surface area contributed by atoms with Crippen molar-refractivity contribution in [3.8, 4) is 0 Å². The minimum atomic E-state index is -0.437. The molecular formula is C13H25NO3. The van der Waals surface area contributed by atoms with Gasteiger partial charge in [0.05, 0.1) is 13.2 Å². The smallest absolute Gasteiger partial charge is 0.320 e. The highest BCUT2D eigenvalue weighted by molar-refractivity contribution is 5.72. The van der Waals surface area contributed by atoms with Crippen molar-refractivity contribution in [3.63, 3.8) is 0 Å². The Morgan fingerprint density at radius 1 is 1.47 bits per heavy atom. The summed E-state index contributed by atoms with van der Waals surface area (Å²) in [7, 11) is 0. The lowest BCUT2D eigenvalue weighted by atomic mass is 9.91. The Labute approximate surface area is 104 Å². The predicted molar refractivity (Wildman–Crippen MR) is 66.7 cm³/mol. The van der Waals surface area contributed by atoms with Crippen LogP contribution in [0.3, 0.4) is 0 Å². The van der Waals surface area contributed by atoms with E-state index in [0.717, 1.165) is 19.4 Å². The van der Waals surface area contributed by atoms with Crippen molar-refractivity contribution in [1.82, 2.24) is 4.90 Å². The molecule has 0 radical (unpaired) electrons. The lowest BCUT2D eigenvalue weighted by Gasteiger charge is -2.38. The summed E-state index contributed by atoms with van der Waals surface area (Å²) in [5.74, 6) is 0.237. The van der Waals surface area contributed by atoms with Gasteiger partial charge in [-0.05, 0) is 46.1 Å². The molecule has 2 atom stereocenters. The van der Waals surface area contributed by atoms with E-state index in [1.165, 1.54) is 0 Å². The molecule has 0 spiro atoms. The van der Waals surface area contributed by atoms with Gasteiger partial charge in [-0.1, -0.05) is 6.92 Å². The maximum atomic E-state index is 11.7. The number of aliphatic hydroxyl groups excluding tert-OH is 1. The van der Waals surface area contributed by atoms with E-state index in [1.54, 1.807) is 0 Å². The zero-order valence-electron chi connectivity index (χ0n) is 11.4. The molecule has 100 valence electrons. The van der Waals surface area contributed by atoms with Crippen LogP contribution in [-0.4, -0.2) is 47.3 Å². The highest BCUT2D eigenvalue weighted by atomic mass is 16.6. The molecule has 0 aromatic heterocycles. The zero-order valence-corrected chi connectivity index (χ0v) is 11.4. The van der Waals surface area contributed by atoms with Gasteiger partial charge < -0.3 is 9.84 Å². The van der Waals surface area contributed by atoms with E-state index in [9.17, 15) is 9.90 Å². The summed E-state index contributed by atoms with van der Waals surface area (Å²) in [6, 6.07) is 0.0938. The second-order valence-corrected chi connectivity index (χ2v) is 5.93. The van der Waals surface area contributed by atoms with Gasteiger partial charge in [0.25, 0.3) is 0 Å². The van der Waals surface area contributed by atoms with Gasteiger partial charge in [0.1, 0.15) is 5.60 Å². The number of likely N-dealkylation sites (tertiary alicyclic amines) is 1. The minimum absolute atomic E-state index is 0.0938. The number of ether oxygens (including phenoxy) is 1. The monoisotopic (exact) mass is 243 g/mol. The van der Waals surface area contributed by atoms with Crippen LogP contribution in [0.1, 0.15) is 40.5 Å². The van der Waals surface area contributed by atoms with E-state index in [1.807, 2.05) is 25.7 Å². The van der Waals surface area contributed by atoms with Gasteiger partial charge in [0, 0.05) is 6.04 Å². The third kappa shape index (κ3) is 4.64. The first-order valence-electron chi connectivity index (χ1n) is 6.40. The van der Waals surface area contributed by atoms with E-state index in [4.69, 9.17) is 4.74 Å². The fraction of sp³-hybridized carbons (Fsp3) is 0.923. The number of hydrogen-bond donors (Lipinski definition) is 1. The first-order valence-corrected chi connectivity index (χ1v) is 6.40. The predicted octanol–water partition coefficient (Wildman–Crippen LogP) is 1.42. The van der Waals surface area contributed by atoms with Crippen LogP contribution in [-0.2, 0) is 9.53 Å². The quantitative estimate of drug-likeness (QED) is 0.762. The van der Waals surface area contributed by atoms with Crippen molar-refractivity contribution in [1.29, 1.82) is 0 Å². The highest BCUT2D eigenvalue weighted by Crippen LogP contribution is 2.23. The molecule has 1 heterocycles. The minimum Gasteiger partial charge on any atom is -0.459 e. The van der Waals surface area contributed by atoms with E-state index < -0.39 is 5.60 Å². The van der Waals surface area contributed by atoms with Crippen molar-refractivity contribution in [2.75, 3.05) is 19.7 Å². The zero-order chi connectivity index (χ0) is 13.1. The number of carbonyl (C=O) groups excluding carboxylic acids is 1. The van der Waals surface area contributed by atoms with Crippen LogP contribution >= 0.6 is 0 Å². The Hall–Kier alpha value is -0.610. The average molecular weight is 243 g/mol. The Balaban J connectivity index is 2.51. The van der Waals surface area contributed by atoms with Gasteiger partial charge in [-0.15, -0.1) is 0 Å². The summed E-state index contributed by atoms with van der Waals surface area (Å²) in [4.78, 5) is 13.8. The summed E-state index contributed by atoms with van der Waals surface area (Å²) in [6.45, 7) is 9.00. The summed E-state index contributed by atoms with van der Waals surface area (Å²) in [5.41, 5.74) is -0.437. The van der Waals surface area contributed by atoms with E-state index >= 15 is 0 Å². The van der Waals surface area contributed by atoms with E-state index in [-0.39, 0.29) is 25.2 Å². The van der Waals surface area contributed by atoms with Crippen LogP contribution in [0, 0.1) is 5.92 Å². The molecule has 0 aromatic rings. The molecule has 4 heteroatoms. The molecule has 2 unspecified atom stereocenters. The summed E-state index contributed by atoms with van der Waals surface area (Å²) in [6.07, 6.45) is 2.20. The highest BCUT2D eigenvalue weighted by Gasteiger charge is 2.30. The molecule has 0 saturated carbocycles. The van der Waals surface area contributed by atoms with Crippen molar-refractivity contribution < 1.29 is 14.6 Å². The number of rotatable bonds is 3. The first kappa shape index (κ1) is 14.5. The first-order chi connectivity index (χ1) is 7.83. The number of esters is 1. The van der Waals surface area contributed by atoms with Gasteiger partial charge in [0.2, 0.25) is 0 Å². The van der Waals surface area contributed by atoms with Crippen molar-refractivity contribution in [2.45, 2.75) is 52.2 Å². The molecule has 0 aromatic carbocycles. The van der Waals surface area contributed by atoms with Crippen molar-refractivity contribution in [3.05, 3.63) is 0 Å². The fourth-order valence-electron chi connectivity index (χ4n) is 2.37. The topological polar surface area (TPSA) is 49.8 Å². The van der Waals surface area contributed by atoms with Crippen LogP contribution in [0.4, 0.5) is 0 Å². The van der Waals surface area contributed by atoms with Crippen LogP contribution < -0.4 is 0 Å². The number of hydrogen-bond acceptors (Lipinski definition) is 4. The lowest BCUT2D eigenvalue weighted by Crippen LogP contribution is -2.49. The molecule has 1 N–H and O–H groups in total. The summed E-state index contributed by atoms with van der Waals surface area (Å²) >= 11 is 0. The molecule has 1 aliphatic rings. The molecule has 0 amide bonds.